The van der Waals surface area contributed by atoms with Crippen LogP contribution in [-0.4, -0.2) is 47.3 Å². The van der Waals surface area contributed by atoms with Crippen molar-refractivity contribution in [3.05, 3.63) is 29.3 Å². The van der Waals surface area contributed by atoms with E-state index >= 15 is 0 Å². The Morgan fingerprint density at radius 2 is 1.95 bits per heavy atom. The van der Waals surface area contributed by atoms with Gasteiger partial charge < -0.3 is 15.5 Å². The molecule has 20 heavy (non-hydrogen) atoms. The molecule has 1 aliphatic rings. The fourth-order valence-corrected chi connectivity index (χ4v) is 2.64. The summed E-state index contributed by atoms with van der Waals surface area (Å²) in [4.78, 5) is 28.3. The van der Waals surface area contributed by atoms with Gasteiger partial charge >= 0.3 is 0 Å². The van der Waals surface area contributed by atoms with Crippen molar-refractivity contribution in [1.82, 2.24) is 9.80 Å². The highest BCUT2D eigenvalue weighted by Gasteiger charge is 2.43. The first-order valence-corrected chi connectivity index (χ1v) is 6.69. The molecule has 108 valence electrons. The maximum Gasteiger partial charge on any atom is 0.255 e. The third kappa shape index (κ3) is 2.24. The normalized spacial score (nSPS) is 18.3. The van der Waals surface area contributed by atoms with Gasteiger partial charge in [-0.05, 0) is 44.5 Å². The minimum atomic E-state index is -0.822. The summed E-state index contributed by atoms with van der Waals surface area (Å²) in [5.41, 5.74) is 6.96. The fraction of sp³-hybridized carbons (Fsp3) is 0.467. The van der Waals surface area contributed by atoms with E-state index in [2.05, 4.69) is 0 Å². The first kappa shape index (κ1) is 14.4. The lowest BCUT2D eigenvalue weighted by molar-refractivity contribution is -0.144. The van der Waals surface area contributed by atoms with Gasteiger partial charge in [0.2, 0.25) is 5.91 Å². The van der Waals surface area contributed by atoms with E-state index in [1.165, 1.54) is 0 Å². The van der Waals surface area contributed by atoms with E-state index in [-0.39, 0.29) is 11.8 Å². The number of aryl methyl sites for hydroxylation is 1. The summed E-state index contributed by atoms with van der Waals surface area (Å²) in [7, 11) is 1.76. The van der Waals surface area contributed by atoms with Gasteiger partial charge in [-0.25, -0.2) is 0 Å². The zero-order valence-corrected chi connectivity index (χ0v) is 12.4. The number of nitrogen functional groups attached to an aromatic ring is 1. The van der Waals surface area contributed by atoms with Gasteiger partial charge in [0, 0.05) is 31.4 Å². The van der Waals surface area contributed by atoms with Gasteiger partial charge in [-0.15, -0.1) is 0 Å². The minimum absolute atomic E-state index is 0.0369. The van der Waals surface area contributed by atoms with Crippen LogP contribution in [0.4, 0.5) is 5.69 Å². The molecule has 1 fully saturated rings. The summed E-state index contributed by atoms with van der Waals surface area (Å²) in [6, 6.07) is 5.22. The molecule has 2 amide bonds. The number of nitrogens with two attached hydrogens (primary N) is 1. The van der Waals surface area contributed by atoms with Crippen LogP contribution in [-0.2, 0) is 4.79 Å². The number of carbonyl (C=O) groups is 2. The van der Waals surface area contributed by atoms with E-state index in [1.54, 1.807) is 48.9 Å². The highest BCUT2D eigenvalue weighted by atomic mass is 16.2. The predicted molar refractivity (Wildman–Crippen MR) is 78.3 cm³/mol. The Bertz CT molecular complexity index is 566. The van der Waals surface area contributed by atoms with E-state index < -0.39 is 5.54 Å². The smallest absolute Gasteiger partial charge is 0.255 e. The molecular weight excluding hydrogens is 254 g/mol. The van der Waals surface area contributed by atoms with Gasteiger partial charge in [-0.2, -0.15) is 0 Å². The van der Waals surface area contributed by atoms with Crippen molar-refractivity contribution in [3.63, 3.8) is 0 Å². The number of rotatable bonds is 1. The summed E-state index contributed by atoms with van der Waals surface area (Å²) in [6.45, 7) is 6.53. The lowest BCUT2D eigenvalue weighted by Crippen LogP contribution is -2.63. The SMILES string of the molecule is Cc1cc(N)ccc1C(=O)N1CCN(C)C(=O)C1(C)C. The van der Waals surface area contributed by atoms with E-state index in [0.717, 1.165) is 5.56 Å². The molecule has 1 aromatic carbocycles. The van der Waals surface area contributed by atoms with Crippen molar-refractivity contribution in [2.24, 2.45) is 0 Å². The molecule has 0 spiro atoms. The molecular formula is C15H21N3O2. The second kappa shape index (κ2) is 4.81. The van der Waals surface area contributed by atoms with E-state index in [9.17, 15) is 9.59 Å². The van der Waals surface area contributed by atoms with Crippen molar-refractivity contribution in [3.8, 4) is 0 Å². The number of hydrogen-bond acceptors (Lipinski definition) is 3. The average molecular weight is 275 g/mol. The summed E-state index contributed by atoms with van der Waals surface area (Å²) < 4.78 is 0. The molecule has 0 atom stereocenters. The van der Waals surface area contributed by atoms with Gasteiger partial charge in [0.25, 0.3) is 5.91 Å². The maximum atomic E-state index is 12.7. The summed E-state index contributed by atoms with van der Waals surface area (Å²) in [6.07, 6.45) is 0. The van der Waals surface area contributed by atoms with Gasteiger partial charge in [-0.1, -0.05) is 0 Å². The van der Waals surface area contributed by atoms with Gasteiger partial charge in [0.05, 0.1) is 0 Å². The van der Waals surface area contributed by atoms with Gasteiger partial charge in [0.1, 0.15) is 5.54 Å². The van der Waals surface area contributed by atoms with Gasteiger partial charge in [-0.3, -0.25) is 9.59 Å². The van der Waals surface area contributed by atoms with Crippen LogP contribution in [0.3, 0.4) is 0 Å². The molecule has 0 saturated carbocycles. The van der Waals surface area contributed by atoms with E-state index in [4.69, 9.17) is 5.73 Å². The Morgan fingerprint density at radius 1 is 1.30 bits per heavy atom. The first-order valence-electron chi connectivity index (χ1n) is 6.69. The molecule has 5 nitrogen and oxygen atoms in total. The van der Waals surface area contributed by atoms with Crippen LogP contribution in [0.5, 0.6) is 0 Å². The van der Waals surface area contributed by atoms with E-state index in [0.29, 0.717) is 24.3 Å². The molecule has 2 N–H and O–H groups in total. The van der Waals surface area contributed by atoms with Crippen LogP contribution in [0.1, 0.15) is 29.8 Å². The van der Waals surface area contributed by atoms with Crippen molar-refractivity contribution in [2.45, 2.75) is 26.3 Å². The number of nitrogens with zero attached hydrogens (tertiary/aromatic N) is 2. The van der Waals surface area contributed by atoms with Crippen LogP contribution in [0.2, 0.25) is 0 Å². The van der Waals surface area contributed by atoms with Crippen LogP contribution in [0.25, 0.3) is 0 Å². The summed E-state index contributed by atoms with van der Waals surface area (Å²) >= 11 is 0. The fourth-order valence-electron chi connectivity index (χ4n) is 2.64. The van der Waals surface area contributed by atoms with Gasteiger partial charge in [0.15, 0.2) is 0 Å². The minimum Gasteiger partial charge on any atom is -0.399 e. The molecule has 1 aromatic rings. The Balaban J connectivity index is 2.35. The van der Waals surface area contributed by atoms with E-state index in [1.807, 2.05) is 6.92 Å². The number of amides is 2. The van der Waals surface area contributed by atoms with Crippen molar-refractivity contribution in [1.29, 1.82) is 0 Å². The monoisotopic (exact) mass is 275 g/mol. The quantitative estimate of drug-likeness (QED) is 0.785. The third-order valence-corrected chi connectivity index (χ3v) is 3.93. The number of benzene rings is 1. The Hall–Kier alpha value is -2.04. The third-order valence-electron chi connectivity index (χ3n) is 3.93. The summed E-state index contributed by atoms with van der Waals surface area (Å²) in [5, 5.41) is 0. The van der Waals surface area contributed by atoms with Crippen molar-refractivity contribution >= 4 is 17.5 Å². The molecule has 5 heteroatoms. The lowest BCUT2D eigenvalue weighted by atomic mass is 9.95. The van der Waals surface area contributed by atoms with Crippen molar-refractivity contribution < 1.29 is 9.59 Å². The highest BCUT2D eigenvalue weighted by Crippen LogP contribution is 2.25. The molecule has 0 aromatic heterocycles. The number of hydrogen-bond donors (Lipinski definition) is 1. The molecule has 2 rings (SSSR count). The second-order valence-electron chi connectivity index (χ2n) is 5.82. The zero-order chi connectivity index (χ0) is 15.1. The molecule has 0 unspecified atom stereocenters. The summed E-state index contributed by atoms with van der Waals surface area (Å²) in [5.74, 6) is -0.154. The van der Waals surface area contributed by atoms with Crippen LogP contribution < -0.4 is 5.73 Å². The Kier molecular flexibility index (Phi) is 3.46. The Labute approximate surface area is 119 Å². The number of piperazine rings is 1. The largest absolute Gasteiger partial charge is 0.399 e. The number of anilines is 1. The average Bonchev–Trinajstić information content (AvgIpc) is 2.35. The molecule has 1 aliphatic heterocycles. The molecule has 1 saturated heterocycles. The number of likely N-dealkylation sites (N-methyl/N-ethyl adjacent to an activating group) is 1. The molecule has 0 radical (unpaired) electrons. The Morgan fingerprint density at radius 3 is 2.55 bits per heavy atom. The maximum absolute atomic E-state index is 12.7. The first-order chi connectivity index (χ1) is 9.25. The molecule has 0 bridgehead atoms. The van der Waals surface area contributed by atoms with Crippen LogP contribution in [0.15, 0.2) is 18.2 Å². The van der Waals surface area contributed by atoms with Crippen LogP contribution >= 0.6 is 0 Å². The molecule has 1 heterocycles. The van der Waals surface area contributed by atoms with Crippen LogP contribution in [0, 0.1) is 6.92 Å². The zero-order valence-electron chi connectivity index (χ0n) is 12.4. The van der Waals surface area contributed by atoms with Crippen molar-refractivity contribution in [2.75, 3.05) is 25.9 Å². The second-order valence-corrected chi connectivity index (χ2v) is 5.82. The molecule has 0 aliphatic carbocycles. The standard InChI is InChI=1S/C15H21N3O2/c1-10-9-11(16)5-6-12(10)13(19)18-8-7-17(4)14(20)15(18,2)3/h5-6,9H,7-8,16H2,1-4H3. The number of carbonyl (C=O) groups excluding carboxylic acids is 2. The topological polar surface area (TPSA) is 66.6 Å². The highest BCUT2D eigenvalue weighted by molar-refractivity contribution is 6.00. The lowest BCUT2D eigenvalue weighted by Gasteiger charge is -2.44. The predicted octanol–water partition coefficient (Wildman–Crippen LogP) is 1.27.